The third-order valence-corrected chi connectivity index (χ3v) is 0. The molecule has 0 aromatic carbocycles. The minimum absolute atomic E-state index is 0. The van der Waals surface area contributed by atoms with E-state index in [0.717, 1.165) is 0 Å². The van der Waals surface area contributed by atoms with Gasteiger partial charge in [0.2, 0.25) is 0 Å². The van der Waals surface area contributed by atoms with Gasteiger partial charge in [-0.3, -0.25) is 0 Å². The summed E-state index contributed by atoms with van der Waals surface area (Å²) in [5, 5.41) is 29.5. The van der Waals surface area contributed by atoms with E-state index in [1.165, 1.54) is 0 Å². The summed E-state index contributed by atoms with van der Waals surface area (Å²) in [6.45, 7) is 0. The van der Waals surface area contributed by atoms with Crippen LogP contribution in [-0.2, 0) is 34.1 Å². The van der Waals surface area contributed by atoms with E-state index in [1.54, 1.807) is 0 Å². The zero-order valence-corrected chi connectivity index (χ0v) is 6.40. The fourth-order valence-electron chi connectivity index (χ4n) is 0. The number of nitrogens with zero attached hydrogens (tertiary/aromatic N) is 2. The first kappa shape index (κ1) is 22.7. The molecule has 0 atom stereocenters. The second-order valence-electron chi connectivity index (χ2n) is 0.447. The second-order valence-corrected chi connectivity index (χ2v) is 0.447. The van der Waals surface area contributed by atoms with Crippen molar-refractivity contribution in [2.75, 3.05) is 0 Å². The maximum Gasteiger partial charge on any atom is 0.0689 e. The van der Waals surface area contributed by atoms with Gasteiger partial charge >= 0.3 is 0 Å². The summed E-state index contributed by atoms with van der Waals surface area (Å²) in [5.41, 5.74) is 0. The summed E-state index contributed by atoms with van der Waals surface area (Å²) in [6.07, 6.45) is 0. The molecule has 0 aromatic rings. The number of rotatable bonds is 0. The second kappa shape index (κ2) is 15.8. The van der Waals surface area contributed by atoms with Crippen molar-refractivity contribution >= 4 is 0 Å². The Morgan fingerprint density at radius 1 is 0.800 bits per heavy atom. The van der Waals surface area contributed by atoms with Crippen LogP contribution in [-0.4, -0.2) is 10.2 Å². The Balaban J connectivity index is -0.0000000300. The quantitative estimate of drug-likeness (QED) is 0.411. The fraction of sp³-hybridized carbons (Fsp3) is 0. The Morgan fingerprint density at radius 2 is 0.800 bits per heavy atom. The Bertz CT molecular complexity index is 73.7. The van der Waals surface area contributed by atoms with Crippen molar-refractivity contribution in [1.82, 2.24) is 0 Å². The van der Waals surface area contributed by atoms with E-state index in [0.29, 0.717) is 0 Å². The summed E-state index contributed by atoms with van der Waals surface area (Å²) in [4.78, 5) is 16.5. The van der Waals surface area contributed by atoms with Crippen molar-refractivity contribution in [3.63, 3.8) is 0 Å². The Labute approximate surface area is 75.4 Å². The number of hydrogen-bond acceptors (Lipinski definition) is 6. The van der Waals surface area contributed by atoms with Crippen LogP contribution in [0.25, 0.3) is 0 Å². The summed E-state index contributed by atoms with van der Waals surface area (Å²) >= 11 is 0. The van der Waals surface area contributed by atoms with Crippen LogP contribution in [0.3, 0.4) is 0 Å². The SMILES string of the molecule is O=[N+]([O-])[O-].O=[N+]([O-])[O-].[Co].[Cr]. The van der Waals surface area contributed by atoms with Crippen molar-refractivity contribution in [3.8, 4) is 0 Å². The molecular formula is CoCrN2O6-2. The van der Waals surface area contributed by atoms with Gasteiger partial charge in [0.05, 0.1) is 10.2 Å². The standard InChI is InChI=1S/Co.Cr.2NO3/c;;2*2-1(3)4/q;;2*-1. The molecule has 0 fully saturated rings. The van der Waals surface area contributed by atoms with Crippen LogP contribution in [0.5, 0.6) is 0 Å². The number of hydrogen-bond donors (Lipinski definition) is 0. The first-order valence-corrected chi connectivity index (χ1v) is 1.10. The molecule has 8 nitrogen and oxygen atoms in total. The van der Waals surface area contributed by atoms with Gasteiger partial charge in [0, 0.05) is 34.1 Å². The van der Waals surface area contributed by atoms with Crippen molar-refractivity contribution in [3.05, 3.63) is 30.6 Å². The molecule has 10 heteroatoms. The molecular weight excluding hydrogens is 235 g/mol. The topological polar surface area (TPSA) is 132 Å². The maximum atomic E-state index is 8.25. The zero-order valence-electron chi connectivity index (χ0n) is 4.09. The van der Waals surface area contributed by atoms with Crippen molar-refractivity contribution in [2.24, 2.45) is 0 Å². The van der Waals surface area contributed by atoms with Gasteiger partial charge in [-0.15, -0.1) is 0 Å². The molecule has 63 valence electrons. The molecule has 0 spiro atoms. The van der Waals surface area contributed by atoms with E-state index in [-0.39, 0.29) is 34.1 Å². The average Bonchev–Trinajstić information content (AvgIpc) is 1.25. The molecule has 0 aliphatic rings. The van der Waals surface area contributed by atoms with Crippen molar-refractivity contribution in [1.29, 1.82) is 0 Å². The monoisotopic (exact) mass is 235 g/mol. The Hall–Kier alpha value is -0.561. The van der Waals surface area contributed by atoms with E-state index in [9.17, 15) is 0 Å². The third-order valence-electron chi connectivity index (χ3n) is 0. The predicted molar refractivity (Wildman–Crippen MR) is 20.7 cm³/mol. The smallest absolute Gasteiger partial charge is 0.0689 e. The summed E-state index contributed by atoms with van der Waals surface area (Å²) in [7, 11) is 0. The van der Waals surface area contributed by atoms with Crippen LogP contribution >= 0.6 is 0 Å². The van der Waals surface area contributed by atoms with E-state index in [4.69, 9.17) is 30.6 Å². The van der Waals surface area contributed by atoms with Gasteiger partial charge in [-0.25, -0.2) is 0 Å². The molecule has 0 saturated carbocycles. The molecule has 0 heterocycles. The van der Waals surface area contributed by atoms with E-state index in [2.05, 4.69) is 0 Å². The van der Waals surface area contributed by atoms with Gasteiger partial charge in [-0.05, 0) is 0 Å². The largest absolute Gasteiger partial charge is 0.356 e. The van der Waals surface area contributed by atoms with Gasteiger partial charge < -0.3 is 30.6 Å². The van der Waals surface area contributed by atoms with Gasteiger partial charge in [0.25, 0.3) is 0 Å². The van der Waals surface area contributed by atoms with Gasteiger partial charge in [-0.1, -0.05) is 0 Å². The van der Waals surface area contributed by atoms with E-state index < -0.39 is 10.2 Å². The molecule has 0 N–H and O–H groups in total. The molecule has 0 aliphatic carbocycles. The molecule has 1 radical (unpaired) electrons. The average molecular weight is 235 g/mol. The molecule has 0 bridgehead atoms. The van der Waals surface area contributed by atoms with Gasteiger partial charge in [0.1, 0.15) is 0 Å². The van der Waals surface area contributed by atoms with Gasteiger partial charge in [0.15, 0.2) is 0 Å². The molecule has 0 saturated heterocycles. The Kier molecular flexibility index (Phi) is 35.9. The van der Waals surface area contributed by atoms with Crippen LogP contribution in [0.1, 0.15) is 0 Å². The maximum absolute atomic E-state index is 8.25. The molecule has 10 heavy (non-hydrogen) atoms. The molecule has 0 amide bonds. The minimum atomic E-state index is -1.75. The first-order valence-electron chi connectivity index (χ1n) is 1.10. The normalized spacial score (nSPS) is 4.80. The van der Waals surface area contributed by atoms with Crippen molar-refractivity contribution < 1.29 is 44.3 Å². The minimum Gasteiger partial charge on any atom is -0.356 e. The zero-order chi connectivity index (χ0) is 7.15. The predicted octanol–water partition coefficient (Wildman–Crippen LogP) is -0.483. The van der Waals surface area contributed by atoms with Crippen LogP contribution < -0.4 is 0 Å². The fourth-order valence-corrected chi connectivity index (χ4v) is 0. The molecule has 0 aromatic heterocycles. The summed E-state index contributed by atoms with van der Waals surface area (Å²) < 4.78 is 0. The summed E-state index contributed by atoms with van der Waals surface area (Å²) in [5.74, 6) is 0. The summed E-state index contributed by atoms with van der Waals surface area (Å²) in [6, 6.07) is 0. The van der Waals surface area contributed by atoms with Crippen LogP contribution in [0, 0.1) is 30.6 Å². The van der Waals surface area contributed by atoms with Crippen LogP contribution in [0.2, 0.25) is 0 Å². The van der Waals surface area contributed by atoms with Gasteiger partial charge in [-0.2, -0.15) is 0 Å². The molecule has 0 rings (SSSR count). The van der Waals surface area contributed by atoms with Crippen molar-refractivity contribution in [2.45, 2.75) is 0 Å². The van der Waals surface area contributed by atoms with Crippen LogP contribution in [0.4, 0.5) is 0 Å². The molecule has 0 aliphatic heterocycles. The van der Waals surface area contributed by atoms with E-state index in [1.807, 2.05) is 0 Å². The first-order chi connectivity index (χ1) is 3.46. The van der Waals surface area contributed by atoms with Crippen LogP contribution in [0.15, 0.2) is 0 Å². The Morgan fingerprint density at radius 3 is 0.800 bits per heavy atom. The third kappa shape index (κ3) is 980. The molecule has 0 unspecified atom stereocenters. The van der Waals surface area contributed by atoms with E-state index >= 15 is 0 Å².